The van der Waals surface area contributed by atoms with Gasteiger partial charge in [-0.15, -0.1) is 5.10 Å². The highest BCUT2D eigenvalue weighted by Gasteiger charge is 2.36. The zero-order chi connectivity index (χ0) is 27.9. The number of nitrogens with zero attached hydrogens (tertiary/aromatic N) is 3. The molecule has 1 aliphatic heterocycles. The van der Waals surface area contributed by atoms with Crippen molar-refractivity contribution < 1.29 is 18.7 Å². The van der Waals surface area contributed by atoms with E-state index in [1.807, 2.05) is 37.3 Å². The molecule has 1 aromatic heterocycles. The second-order valence-electron chi connectivity index (χ2n) is 10.4. The Balaban J connectivity index is 1.41. The number of anilines is 1. The minimum absolute atomic E-state index is 0.0647. The lowest BCUT2D eigenvalue weighted by Crippen LogP contribution is -2.32. The molecule has 1 unspecified atom stereocenters. The van der Waals surface area contributed by atoms with E-state index in [1.165, 1.54) is 24.2 Å². The predicted octanol–water partition coefficient (Wildman–Crippen LogP) is 7.44. The third-order valence-electron chi connectivity index (χ3n) is 7.41. The zero-order valence-electron chi connectivity index (χ0n) is 23.2. The molecular formula is C31H37FN4O3S. The fourth-order valence-electron chi connectivity index (χ4n) is 5.21. The van der Waals surface area contributed by atoms with E-state index >= 15 is 0 Å². The number of ether oxygens (including phenoxy) is 2. The van der Waals surface area contributed by atoms with Crippen LogP contribution < -0.4 is 10.1 Å². The van der Waals surface area contributed by atoms with Crippen LogP contribution in [0.5, 0.6) is 5.75 Å². The number of carbonyl (C=O) groups is 1. The lowest BCUT2D eigenvalue weighted by atomic mass is 9.95. The molecule has 5 rings (SSSR count). The third-order valence-corrected chi connectivity index (χ3v) is 8.29. The van der Waals surface area contributed by atoms with E-state index in [2.05, 4.69) is 17.2 Å². The molecule has 1 fully saturated rings. The molecule has 1 atom stereocenters. The largest absolute Gasteiger partial charge is 0.494 e. The third kappa shape index (κ3) is 6.69. The summed E-state index contributed by atoms with van der Waals surface area (Å²) in [5, 5.41) is 8.54. The molecule has 0 amide bonds. The van der Waals surface area contributed by atoms with E-state index in [-0.39, 0.29) is 17.9 Å². The number of nitrogens with one attached hydrogen (secondary N) is 1. The van der Waals surface area contributed by atoms with Gasteiger partial charge in [-0.3, -0.25) is 0 Å². The molecule has 2 heterocycles. The highest BCUT2D eigenvalue weighted by atomic mass is 32.2. The lowest BCUT2D eigenvalue weighted by molar-refractivity contribution is -0.146. The molecule has 1 aliphatic carbocycles. The van der Waals surface area contributed by atoms with Gasteiger partial charge in [0.25, 0.3) is 0 Å². The van der Waals surface area contributed by atoms with Crippen molar-refractivity contribution in [3.8, 4) is 5.75 Å². The number of fused-ring (bicyclic) bond motifs is 1. The van der Waals surface area contributed by atoms with Gasteiger partial charge in [-0.05, 0) is 68.4 Å². The van der Waals surface area contributed by atoms with Crippen LogP contribution in [0, 0.1) is 5.82 Å². The number of hydrogen-bond acceptors (Lipinski definition) is 7. The Bertz CT molecular complexity index is 1330. The van der Waals surface area contributed by atoms with Gasteiger partial charge in [-0.25, -0.2) is 13.9 Å². The number of aromatic nitrogens is 3. The average molecular weight is 565 g/mol. The summed E-state index contributed by atoms with van der Waals surface area (Å²) in [6.07, 6.45) is 8.35. The van der Waals surface area contributed by atoms with Gasteiger partial charge in [0.15, 0.2) is 0 Å². The minimum atomic E-state index is -0.517. The van der Waals surface area contributed by atoms with Gasteiger partial charge in [0.1, 0.15) is 23.7 Å². The SMILES string of the molecule is CCCCCOc1ccc(C2C(C(=O)OC3CCCCC3)=C(C)Nc3nc(SCc4ccccc4F)nn32)cc1. The summed E-state index contributed by atoms with van der Waals surface area (Å²) in [4.78, 5) is 18.3. The highest BCUT2D eigenvalue weighted by Crippen LogP contribution is 2.38. The molecule has 212 valence electrons. The van der Waals surface area contributed by atoms with Gasteiger partial charge < -0.3 is 14.8 Å². The summed E-state index contributed by atoms with van der Waals surface area (Å²) >= 11 is 1.36. The smallest absolute Gasteiger partial charge is 0.338 e. The second-order valence-corrected chi connectivity index (χ2v) is 11.3. The van der Waals surface area contributed by atoms with Crippen LogP contribution in [-0.2, 0) is 15.3 Å². The number of halogens is 1. The van der Waals surface area contributed by atoms with Crippen molar-refractivity contribution in [2.45, 2.75) is 88.3 Å². The Labute approximate surface area is 239 Å². The van der Waals surface area contributed by atoms with Crippen LogP contribution in [0.15, 0.2) is 65.0 Å². The summed E-state index contributed by atoms with van der Waals surface area (Å²) in [5.74, 6) is 1.14. The molecule has 2 aliphatic rings. The number of esters is 1. The first-order valence-electron chi connectivity index (χ1n) is 14.3. The molecule has 7 nitrogen and oxygen atoms in total. The van der Waals surface area contributed by atoms with Crippen molar-refractivity contribution >= 4 is 23.7 Å². The molecular weight excluding hydrogens is 527 g/mol. The predicted molar refractivity (Wildman–Crippen MR) is 155 cm³/mol. The van der Waals surface area contributed by atoms with Crippen molar-refractivity contribution in [2.24, 2.45) is 0 Å². The van der Waals surface area contributed by atoms with Crippen molar-refractivity contribution in [3.05, 3.63) is 76.7 Å². The van der Waals surface area contributed by atoms with Gasteiger partial charge in [0.2, 0.25) is 11.1 Å². The summed E-state index contributed by atoms with van der Waals surface area (Å²) in [5.41, 5.74) is 2.68. The number of thioether (sulfide) groups is 1. The minimum Gasteiger partial charge on any atom is -0.494 e. The fourth-order valence-corrected chi connectivity index (χ4v) is 6.02. The van der Waals surface area contributed by atoms with Crippen molar-refractivity contribution in [2.75, 3.05) is 11.9 Å². The van der Waals surface area contributed by atoms with Crippen LogP contribution in [0.1, 0.15) is 82.4 Å². The number of unbranched alkanes of at least 4 members (excludes halogenated alkanes) is 2. The molecule has 1 N–H and O–H groups in total. The number of benzene rings is 2. The van der Waals surface area contributed by atoms with Crippen LogP contribution in [0.25, 0.3) is 0 Å². The highest BCUT2D eigenvalue weighted by molar-refractivity contribution is 7.98. The first kappa shape index (κ1) is 28.2. The quantitative estimate of drug-likeness (QED) is 0.147. The number of hydrogen-bond donors (Lipinski definition) is 1. The topological polar surface area (TPSA) is 78.3 Å². The molecule has 3 aromatic rings. The zero-order valence-corrected chi connectivity index (χ0v) is 24.0. The molecule has 40 heavy (non-hydrogen) atoms. The summed E-state index contributed by atoms with van der Waals surface area (Å²) < 4.78 is 27.9. The fraction of sp³-hybridized carbons (Fsp3) is 0.452. The van der Waals surface area contributed by atoms with Crippen LogP contribution in [0.4, 0.5) is 10.3 Å². The van der Waals surface area contributed by atoms with Crippen molar-refractivity contribution in [3.63, 3.8) is 0 Å². The van der Waals surface area contributed by atoms with E-state index in [0.717, 1.165) is 56.3 Å². The Morgan fingerprint density at radius 1 is 1.10 bits per heavy atom. The van der Waals surface area contributed by atoms with Crippen LogP contribution in [0.3, 0.4) is 0 Å². The monoisotopic (exact) mass is 564 g/mol. The first-order valence-corrected chi connectivity index (χ1v) is 15.3. The molecule has 1 saturated carbocycles. The molecule has 0 spiro atoms. The standard InChI is InChI=1S/C31H37FN4O3S/c1-3-4-10-19-38-24-17-15-22(16-18-24)28-27(29(37)39-25-12-6-5-7-13-25)21(2)33-30-34-31(35-36(28)30)40-20-23-11-8-9-14-26(23)32/h8-9,11,14-18,25,28H,3-7,10,12-13,19-20H2,1-2H3,(H,33,34,35). The van der Waals surface area contributed by atoms with E-state index in [0.29, 0.717) is 40.3 Å². The van der Waals surface area contributed by atoms with E-state index < -0.39 is 6.04 Å². The maximum atomic E-state index is 14.2. The second kappa shape index (κ2) is 13.4. The van der Waals surface area contributed by atoms with Crippen molar-refractivity contribution in [1.82, 2.24) is 14.8 Å². The summed E-state index contributed by atoms with van der Waals surface area (Å²) in [6.45, 7) is 4.72. The molecule has 9 heteroatoms. The first-order chi connectivity index (χ1) is 19.5. The Morgan fingerprint density at radius 2 is 1.88 bits per heavy atom. The van der Waals surface area contributed by atoms with Crippen LogP contribution in [0.2, 0.25) is 0 Å². The van der Waals surface area contributed by atoms with Crippen molar-refractivity contribution in [1.29, 1.82) is 0 Å². The Kier molecular flexibility index (Phi) is 9.41. The van der Waals surface area contributed by atoms with Crippen LogP contribution >= 0.6 is 11.8 Å². The van der Waals surface area contributed by atoms with Gasteiger partial charge in [0.05, 0.1) is 12.2 Å². The summed E-state index contributed by atoms with van der Waals surface area (Å²) in [6, 6.07) is 14.0. The van der Waals surface area contributed by atoms with Gasteiger partial charge in [0, 0.05) is 11.4 Å². The number of allylic oxidation sites excluding steroid dienone is 1. The van der Waals surface area contributed by atoms with E-state index in [1.54, 1.807) is 16.8 Å². The Morgan fingerprint density at radius 3 is 2.62 bits per heavy atom. The summed E-state index contributed by atoms with van der Waals surface area (Å²) in [7, 11) is 0. The van der Waals surface area contributed by atoms with Gasteiger partial charge in [-0.1, -0.05) is 68.3 Å². The number of carbonyl (C=O) groups excluding carboxylic acids is 1. The van der Waals surface area contributed by atoms with E-state index in [4.69, 9.17) is 14.6 Å². The molecule has 2 aromatic carbocycles. The van der Waals surface area contributed by atoms with Crippen LogP contribution in [-0.4, -0.2) is 33.4 Å². The maximum Gasteiger partial charge on any atom is 0.338 e. The van der Waals surface area contributed by atoms with Gasteiger partial charge >= 0.3 is 5.97 Å². The van der Waals surface area contributed by atoms with E-state index in [9.17, 15) is 9.18 Å². The average Bonchev–Trinajstić information content (AvgIpc) is 3.37. The molecule has 0 radical (unpaired) electrons. The number of rotatable bonds is 11. The maximum absolute atomic E-state index is 14.2. The normalized spacial score (nSPS) is 17.3. The lowest BCUT2D eigenvalue weighted by Gasteiger charge is -2.30. The Hall–Kier alpha value is -3.33. The van der Waals surface area contributed by atoms with Gasteiger partial charge in [-0.2, -0.15) is 4.98 Å². The molecule has 0 saturated heterocycles. The molecule has 0 bridgehead atoms.